The zero-order valence-electron chi connectivity index (χ0n) is 12.7. The molecule has 0 heterocycles. The zero-order valence-corrected chi connectivity index (χ0v) is 16.2. The van der Waals surface area contributed by atoms with Crippen molar-refractivity contribution >= 4 is 30.2 Å². The molecule has 0 aliphatic carbocycles. The first-order valence-corrected chi connectivity index (χ1v) is 8.20. The van der Waals surface area contributed by atoms with Gasteiger partial charge in [-0.2, -0.15) is 87.5 Å². The molecule has 3 N–H and O–H groups in total. The van der Waals surface area contributed by atoms with E-state index in [0.29, 0.717) is 0 Å². The van der Waals surface area contributed by atoms with Gasteiger partial charge in [0, 0.05) is 0 Å². The van der Waals surface area contributed by atoms with Crippen molar-refractivity contribution in [2.75, 3.05) is 0 Å². The van der Waals surface area contributed by atoms with E-state index in [2.05, 4.69) is 12.1 Å². The Balaban J connectivity index is 0. The third-order valence-electron chi connectivity index (χ3n) is 2.32. The summed E-state index contributed by atoms with van der Waals surface area (Å²) in [4.78, 5) is 26.1. The summed E-state index contributed by atoms with van der Waals surface area (Å²) in [5, 5.41) is 0.176. The average Bonchev–Trinajstić information content (AvgIpc) is 2.59. The van der Waals surface area contributed by atoms with Gasteiger partial charge in [-0.25, -0.2) is 0 Å². The number of rotatable bonds is 1. The van der Waals surface area contributed by atoms with Crippen LogP contribution in [-0.2, 0) is 17.1 Å². The molecule has 3 aromatic rings. The standard InChI is InChI=1S/C6H8O3P.2C6H5.BrH.Cu/c7-10(8,9)6-4-2-1-3-5-6;2*1-2-4-6-5-3-1;;/h1-5,7-9H;2*1-5H;1H;/q+1;2*-1;;+2. The molecule has 1 radical (unpaired) electrons. The van der Waals surface area contributed by atoms with E-state index < -0.39 is 7.94 Å². The van der Waals surface area contributed by atoms with Gasteiger partial charge in [-0.15, -0.1) is 17.0 Å². The van der Waals surface area contributed by atoms with Crippen molar-refractivity contribution < 1.29 is 31.7 Å². The molecule has 0 unspecified atom stereocenters. The van der Waals surface area contributed by atoms with Gasteiger partial charge in [0.25, 0.3) is 0 Å². The van der Waals surface area contributed by atoms with E-state index in [1.54, 1.807) is 18.2 Å². The average molecular weight is 458 g/mol. The Labute approximate surface area is 164 Å². The third-order valence-corrected chi connectivity index (χ3v) is 3.31. The van der Waals surface area contributed by atoms with Crippen molar-refractivity contribution in [2.24, 2.45) is 0 Å². The molecule has 0 amide bonds. The number of halogens is 1. The minimum absolute atomic E-state index is 0. The van der Waals surface area contributed by atoms with E-state index in [1.807, 2.05) is 60.7 Å². The van der Waals surface area contributed by atoms with Gasteiger partial charge in [-0.05, 0) is 12.1 Å². The fourth-order valence-electron chi connectivity index (χ4n) is 1.31. The number of hydrogen-bond acceptors (Lipinski definition) is 3. The molecule has 0 saturated carbocycles. The van der Waals surface area contributed by atoms with Crippen molar-refractivity contribution in [3.05, 3.63) is 103 Å². The predicted octanol–water partition coefficient (Wildman–Crippen LogP) is 3.60. The first kappa shape index (κ1) is 25.2. The van der Waals surface area contributed by atoms with Crippen LogP contribution in [0.15, 0.2) is 91.0 Å². The van der Waals surface area contributed by atoms with Crippen molar-refractivity contribution in [1.82, 2.24) is 0 Å². The quantitative estimate of drug-likeness (QED) is 0.297. The van der Waals surface area contributed by atoms with Crippen molar-refractivity contribution in [3.8, 4) is 0 Å². The van der Waals surface area contributed by atoms with E-state index in [9.17, 15) is 0 Å². The molecular formula is C18H19BrCuO3P+. The molecule has 3 nitrogen and oxygen atoms in total. The van der Waals surface area contributed by atoms with Gasteiger partial charge in [0.05, 0.1) is 0 Å². The van der Waals surface area contributed by atoms with Crippen molar-refractivity contribution in [3.63, 3.8) is 0 Å². The normalized spacial score (nSPS) is 8.79. The second-order valence-electron chi connectivity index (χ2n) is 4.06. The fourth-order valence-corrected chi connectivity index (χ4v) is 1.88. The third kappa shape index (κ3) is 13.4. The maximum Gasteiger partial charge on any atom is 2.00 e. The van der Waals surface area contributed by atoms with Crippen LogP contribution >= 0.6 is 24.9 Å². The number of benzene rings is 3. The summed E-state index contributed by atoms with van der Waals surface area (Å²) in [5.41, 5.74) is 0. The number of hydrogen-bond donors (Lipinski definition) is 3. The van der Waals surface area contributed by atoms with E-state index >= 15 is 0 Å². The van der Waals surface area contributed by atoms with E-state index in [0.717, 1.165) is 0 Å². The maximum absolute atomic E-state index is 8.71. The summed E-state index contributed by atoms with van der Waals surface area (Å²) in [5.74, 6) is 0. The van der Waals surface area contributed by atoms with Crippen LogP contribution in [0.3, 0.4) is 0 Å². The Hall–Kier alpha value is -1.03. The summed E-state index contributed by atoms with van der Waals surface area (Å²) in [7, 11) is -3.77. The first-order valence-electron chi connectivity index (χ1n) is 6.56. The van der Waals surface area contributed by atoms with E-state index in [1.165, 1.54) is 12.1 Å². The topological polar surface area (TPSA) is 60.7 Å². The van der Waals surface area contributed by atoms with Crippen LogP contribution in [-0.4, -0.2) is 14.7 Å². The van der Waals surface area contributed by atoms with Gasteiger partial charge in [-0.1, -0.05) is 18.2 Å². The monoisotopic (exact) mass is 456 g/mol. The molecule has 3 rings (SSSR count). The minimum Gasteiger partial charge on any atom is -0.189 e. The Morgan fingerprint density at radius 1 is 0.583 bits per heavy atom. The maximum atomic E-state index is 8.71. The largest absolute Gasteiger partial charge is 2.00 e. The van der Waals surface area contributed by atoms with Gasteiger partial charge >= 0.3 is 25.0 Å². The van der Waals surface area contributed by atoms with Crippen LogP contribution in [0.5, 0.6) is 0 Å². The van der Waals surface area contributed by atoms with Crippen LogP contribution in [0.1, 0.15) is 0 Å². The van der Waals surface area contributed by atoms with Gasteiger partial charge < -0.3 is 0 Å². The SMILES string of the molecule is Br.O[P+](O)(O)c1ccccc1.[Cu+2].[c-]1ccccc1.[c-]1ccccc1. The molecule has 0 aromatic heterocycles. The zero-order chi connectivity index (χ0) is 16.1. The van der Waals surface area contributed by atoms with Crippen LogP contribution in [0.25, 0.3) is 0 Å². The molecule has 131 valence electrons. The predicted molar refractivity (Wildman–Crippen MR) is 101 cm³/mol. The molecule has 0 saturated heterocycles. The summed E-state index contributed by atoms with van der Waals surface area (Å²) < 4.78 is 0. The second kappa shape index (κ2) is 15.5. The van der Waals surface area contributed by atoms with Crippen LogP contribution in [0.2, 0.25) is 0 Å². The summed E-state index contributed by atoms with van der Waals surface area (Å²) in [6, 6.07) is 32.9. The Bertz CT molecular complexity index is 508. The molecule has 0 fully saturated rings. The second-order valence-corrected chi connectivity index (χ2v) is 5.71. The van der Waals surface area contributed by atoms with Crippen LogP contribution in [0, 0.1) is 12.1 Å². The van der Waals surface area contributed by atoms with Gasteiger partial charge in [0.2, 0.25) is 0 Å². The molecular weight excluding hydrogens is 439 g/mol. The molecule has 24 heavy (non-hydrogen) atoms. The van der Waals surface area contributed by atoms with E-state index in [4.69, 9.17) is 14.7 Å². The van der Waals surface area contributed by atoms with E-state index in [-0.39, 0.29) is 39.4 Å². The molecule has 6 heteroatoms. The van der Waals surface area contributed by atoms with Gasteiger partial charge in [-0.3, -0.25) is 0 Å². The minimum atomic E-state index is -3.77. The Kier molecular flexibility index (Phi) is 16.3. The summed E-state index contributed by atoms with van der Waals surface area (Å²) >= 11 is 0. The van der Waals surface area contributed by atoms with Crippen molar-refractivity contribution in [2.45, 2.75) is 0 Å². The fraction of sp³-hybridized carbons (Fsp3) is 0. The Morgan fingerprint density at radius 2 is 0.917 bits per heavy atom. The molecule has 3 aromatic carbocycles. The summed E-state index contributed by atoms with van der Waals surface area (Å²) in [6.07, 6.45) is 0. The molecule has 0 spiro atoms. The molecule has 0 bridgehead atoms. The molecule has 0 aliphatic heterocycles. The van der Waals surface area contributed by atoms with Crippen LogP contribution < -0.4 is 5.30 Å². The van der Waals surface area contributed by atoms with Gasteiger partial charge in [0.15, 0.2) is 5.30 Å². The molecule has 0 atom stereocenters. The van der Waals surface area contributed by atoms with Gasteiger partial charge in [0.1, 0.15) is 0 Å². The van der Waals surface area contributed by atoms with Crippen LogP contribution in [0.4, 0.5) is 0 Å². The Morgan fingerprint density at radius 3 is 1.08 bits per heavy atom. The molecule has 0 aliphatic rings. The smallest absolute Gasteiger partial charge is 0.189 e. The first-order chi connectivity index (χ1) is 10.6. The van der Waals surface area contributed by atoms with Crippen molar-refractivity contribution in [1.29, 1.82) is 0 Å². The summed E-state index contributed by atoms with van der Waals surface area (Å²) in [6.45, 7) is 0.